The summed E-state index contributed by atoms with van der Waals surface area (Å²) in [6.45, 7) is 2.86. The second kappa shape index (κ2) is 6.93. The number of hydrogen-bond acceptors (Lipinski definition) is 5. The Hall–Kier alpha value is -2.19. The molecule has 3 aromatic heterocycles. The summed E-state index contributed by atoms with van der Waals surface area (Å²) in [5.74, 6) is 0.495. The highest BCUT2D eigenvalue weighted by atomic mass is 32.1. The van der Waals surface area contributed by atoms with Crippen molar-refractivity contribution in [2.24, 2.45) is 0 Å². The number of nitrogens with zero attached hydrogens (tertiary/aromatic N) is 2. The number of carbonyl (C=O) groups is 1. The number of aromatic nitrogens is 2. The van der Waals surface area contributed by atoms with Gasteiger partial charge in [0.05, 0.1) is 17.7 Å². The van der Waals surface area contributed by atoms with E-state index in [0.717, 1.165) is 12.1 Å². The van der Waals surface area contributed by atoms with Gasteiger partial charge in [-0.15, -0.1) is 11.3 Å². The number of nitrogens with one attached hydrogen (secondary N) is 2. The molecule has 8 heteroatoms. The standard InChI is InChI=1S/C15H16N4O2S2/c1-2-5-19(15(21)16-10-3-6-22-9-10)8-12-17-11-4-7-23-13(11)14(20)18-12/h3-4,6-7,9H,2,5,8H2,1H3,(H,16,21)(H,17,18,20). The number of urea groups is 1. The van der Waals surface area contributed by atoms with Crippen LogP contribution in [-0.2, 0) is 6.54 Å². The van der Waals surface area contributed by atoms with E-state index in [9.17, 15) is 9.59 Å². The van der Waals surface area contributed by atoms with Crippen molar-refractivity contribution in [1.82, 2.24) is 14.9 Å². The molecule has 0 atom stereocenters. The van der Waals surface area contributed by atoms with Crippen molar-refractivity contribution in [3.63, 3.8) is 0 Å². The topological polar surface area (TPSA) is 78.1 Å². The predicted molar refractivity (Wildman–Crippen MR) is 94.3 cm³/mol. The van der Waals surface area contributed by atoms with E-state index in [1.54, 1.807) is 4.90 Å². The van der Waals surface area contributed by atoms with Crippen LogP contribution in [0.5, 0.6) is 0 Å². The maximum Gasteiger partial charge on any atom is 0.322 e. The zero-order valence-corrected chi connectivity index (χ0v) is 14.2. The Labute approximate surface area is 140 Å². The Balaban J connectivity index is 1.80. The molecule has 6 nitrogen and oxygen atoms in total. The first-order valence-electron chi connectivity index (χ1n) is 7.22. The molecule has 3 rings (SSSR count). The summed E-state index contributed by atoms with van der Waals surface area (Å²) in [6, 6.07) is 3.47. The van der Waals surface area contributed by atoms with Gasteiger partial charge >= 0.3 is 6.03 Å². The molecule has 3 aromatic rings. The van der Waals surface area contributed by atoms with E-state index in [-0.39, 0.29) is 18.1 Å². The largest absolute Gasteiger partial charge is 0.322 e. The average Bonchev–Trinajstić information content (AvgIpc) is 3.18. The van der Waals surface area contributed by atoms with Crippen LogP contribution in [0, 0.1) is 0 Å². The fourth-order valence-corrected chi connectivity index (χ4v) is 3.55. The molecule has 0 aliphatic carbocycles. The molecule has 0 spiro atoms. The van der Waals surface area contributed by atoms with Crippen LogP contribution in [0.3, 0.4) is 0 Å². The van der Waals surface area contributed by atoms with Crippen molar-refractivity contribution < 1.29 is 4.79 Å². The molecular weight excluding hydrogens is 332 g/mol. The van der Waals surface area contributed by atoms with E-state index in [1.807, 2.05) is 35.2 Å². The normalized spacial score (nSPS) is 10.8. The third-order valence-electron chi connectivity index (χ3n) is 3.26. The number of thiophene rings is 2. The van der Waals surface area contributed by atoms with Gasteiger partial charge in [-0.1, -0.05) is 6.92 Å². The number of hydrogen-bond donors (Lipinski definition) is 2. The fourth-order valence-electron chi connectivity index (χ4n) is 2.24. The first kappa shape index (κ1) is 15.7. The van der Waals surface area contributed by atoms with Gasteiger partial charge in [-0.3, -0.25) is 4.79 Å². The van der Waals surface area contributed by atoms with Crippen LogP contribution in [-0.4, -0.2) is 27.4 Å². The van der Waals surface area contributed by atoms with E-state index in [2.05, 4.69) is 15.3 Å². The second-order valence-corrected chi connectivity index (χ2v) is 6.71. The Morgan fingerprint density at radius 1 is 1.39 bits per heavy atom. The lowest BCUT2D eigenvalue weighted by atomic mass is 10.4. The average molecular weight is 348 g/mol. The maximum absolute atomic E-state index is 12.4. The highest BCUT2D eigenvalue weighted by molar-refractivity contribution is 7.17. The Kier molecular flexibility index (Phi) is 4.73. The van der Waals surface area contributed by atoms with Crippen LogP contribution in [0.1, 0.15) is 19.2 Å². The van der Waals surface area contributed by atoms with Crippen LogP contribution in [0.25, 0.3) is 10.2 Å². The zero-order valence-electron chi connectivity index (χ0n) is 12.5. The lowest BCUT2D eigenvalue weighted by Gasteiger charge is -2.21. The van der Waals surface area contributed by atoms with E-state index in [1.165, 1.54) is 22.7 Å². The third-order valence-corrected chi connectivity index (χ3v) is 4.84. The molecule has 2 amide bonds. The molecule has 0 bridgehead atoms. The minimum absolute atomic E-state index is 0.158. The number of amides is 2. The van der Waals surface area contributed by atoms with Crippen LogP contribution in [0.4, 0.5) is 10.5 Å². The number of carbonyl (C=O) groups excluding carboxylic acids is 1. The minimum atomic E-state index is -0.196. The van der Waals surface area contributed by atoms with Gasteiger partial charge in [-0.25, -0.2) is 9.78 Å². The monoisotopic (exact) mass is 348 g/mol. The molecule has 0 saturated carbocycles. The van der Waals surface area contributed by atoms with E-state index >= 15 is 0 Å². The molecule has 3 heterocycles. The van der Waals surface area contributed by atoms with Gasteiger partial charge in [0.1, 0.15) is 10.5 Å². The van der Waals surface area contributed by atoms with Crippen molar-refractivity contribution in [1.29, 1.82) is 0 Å². The van der Waals surface area contributed by atoms with Gasteiger partial charge < -0.3 is 15.2 Å². The molecule has 0 aromatic carbocycles. The van der Waals surface area contributed by atoms with Crippen LogP contribution in [0.15, 0.2) is 33.1 Å². The Morgan fingerprint density at radius 2 is 2.26 bits per heavy atom. The van der Waals surface area contributed by atoms with Crippen molar-refractivity contribution in [3.8, 4) is 0 Å². The van der Waals surface area contributed by atoms with E-state index in [0.29, 0.717) is 22.6 Å². The summed E-state index contributed by atoms with van der Waals surface area (Å²) >= 11 is 2.89. The molecule has 0 saturated heterocycles. The molecule has 23 heavy (non-hydrogen) atoms. The summed E-state index contributed by atoms with van der Waals surface area (Å²) < 4.78 is 0.610. The summed E-state index contributed by atoms with van der Waals surface area (Å²) in [6.07, 6.45) is 0.821. The molecule has 0 unspecified atom stereocenters. The summed E-state index contributed by atoms with van der Waals surface area (Å²) in [5, 5.41) is 8.47. The van der Waals surface area contributed by atoms with Crippen molar-refractivity contribution >= 4 is 44.6 Å². The molecule has 2 N–H and O–H groups in total. The highest BCUT2D eigenvalue weighted by Gasteiger charge is 2.15. The minimum Gasteiger partial charge on any atom is -0.317 e. The number of rotatable bonds is 5. The quantitative estimate of drug-likeness (QED) is 0.741. The van der Waals surface area contributed by atoms with Gasteiger partial charge in [0, 0.05) is 11.9 Å². The molecule has 0 fully saturated rings. The Bertz CT molecular complexity index is 854. The SMILES string of the molecule is CCCN(Cc1nc2ccsc2c(=O)[nH]1)C(=O)Nc1ccsc1. The van der Waals surface area contributed by atoms with Gasteiger partial charge in [-0.05, 0) is 29.3 Å². The van der Waals surface area contributed by atoms with Crippen LogP contribution >= 0.6 is 22.7 Å². The van der Waals surface area contributed by atoms with E-state index in [4.69, 9.17) is 0 Å². The number of fused-ring (bicyclic) bond motifs is 1. The number of H-pyrrole nitrogens is 1. The van der Waals surface area contributed by atoms with Crippen molar-refractivity contribution in [2.75, 3.05) is 11.9 Å². The third kappa shape index (κ3) is 3.59. The van der Waals surface area contributed by atoms with Gasteiger partial charge in [0.15, 0.2) is 0 Å². The number of anilines is 1. The van der Waals surface area contributed by atoms with Crippen molar-refractivity contribution in [3.05, 3.63) is 44.5 Å². The summed E-state index contributed by atoms with van der Waals surface area (Å²) in [4.78, 5) is 33.3. The molecule has 0 radical (unpaired) electrons. The fraction of sp³-hybridized carbons (Fsp3) is 0.267. The molecular formula is C15H16N4O2S2. The smallest absolute Gasteiger partial charge is 0.317 e. The molecule has 0 aliphatic rings. The maximum atomic E-state index is 12.4. The van der Waals surface area contributed by atoms with Crippen molar-refractivity contribution in [2.45, 2.75) is 19.9 Å². The van der Waals surface area contributed by atoms with Crippen LogP contribution < -0.4 is 10.9 Å². The second-order valence-electron chi connectivity index (χ2n) is 5.01. The lowest BCUT2D eigenvalue weighted by molar-refractivity contribution is 0.207. The Morgan fingerprint density at radius 3 is 3.00 bits per heavy atom. The predicted octanol–water partition coefficient (Wildman–Crippen LogP) is 3.49. The summed E-state index contributed by atoms with van der Waals surface area (Å²) in [7, 11) is 0. The number of aromatic amines is 1. The summed E-state index contributed by atoms with van der Waals surface area (Å²) in [5.41, 5.74) is 1.29. The zero-order chi connectivity index (χ0) is 16.2. The van der Waals surface area contributed by atoms with E-state index < -0.39 is 0 Å². The first-order chi connectivity index (χ1) is 11.2. The van der Waals surface area contributed by atoms with Gasteiger partial charge in [0.25, 0.3) is 5.56 Å². The van der Waals surface area contributed by atoms with Gasteiger partial charge in [0.2, 0.25) is 0 Å². The highest BCUT2D eigenvalue weighted by Crippen LogP contribution is 2.15. The van der Waals surface area contributed by atoms with Crippen LogP contribution in [0.2, 0.25) is 0 Å². The van der Waals surface area contributed by atoms with Gasteiger partial charge in [-0.2, -0.15) is 11.3 Å². The lowest BCUT2D eigenvalue weighted by Crippen LogP contribution is -2.36. The molecule has 0 aliphatic heterocycles. The molecule has 120 valence electrons. The first-order valence-corrected chi connectivity index (χ1v) is 9.04.